The minimum absolute atomic E-state index is 0.179. The molecule has 0 saturated carbocycles. The highest BCUT2D eigenvalue weighted by Gasteiger charge is 2.23. The number of hydrogen-bond donors (Lipinski definition) is 2. The smallest absolute Gasteiger partial charge is 0.308 e. The van der Waals surface area contributed by atoms with E-state index in [1.165, 1.54) is 4.90 Å². The maximum atomic E-state index is 12.3. The van der Waals surface area contributed by atoms with Gasteiger partial charge in [0.1, 0.15) is 0 Å². The Bertz CT molecular complexity index is 462. The van der Waals surface area contributed by atoms with Crippen LogP contribution in [0.15, 0.2) is 30.3 Å². The SMILES string of the molecule is CCN(CC(C)C(=O)O)C(=O)C(N)CCc1ccccc1. The molecule has 0 bridgehead atoms. The summed E-state index contributed by atoms with van der Waals surface area (Å²) in [6.07, 6.45) is 1.29. The predicted molar refractivity (Wildman–Crippen MR) is 81.8 cm³/mol. The minimum atomic E-state index is -0.904. The van der Waals surface area contributed by atoms with Gasteiger partial charge < -0.3 is 15.7 Å². The van der Waals surface area contributed by atoms with Crippen molar-refractivity contribution in [1.82, 2.24) is 4.90 Å². The summed E-state index contributed by atoms with van der Waals surface area (Å²) in [4.78, 5) is 24.7. The van der Waals surface area contributed by atoms with Gasteiger partial charge in [0.2, 0.25) is 5.91 Å². The highest BCUT2D eigenvalue weighted by atomic mass is 16.4. The Morgan fingerprint density at radius 2 is 1.90 bits per heavy atom. The first kappa shape index (κ1) is 17.2. The van der Waals surface area contributed by atoms with Crippen molar-refractivity contribution in [2.45, 2.75) is 32.7 Å². The van der Waals surface area contributed by atoms with Crippen molar-refractivity contribution in [3.8, 4) is 0 Å². The number of nitrogens with zero attached hydrogens (tertiary/aromatic N) is 1. The van der Waals surface area contributed by atoms with E-state index in [2.05, 4.69) is 0 Å². The Balaban J connectivity index is 2.52. The predicted octanol–water partition coefficient (Wildman–Crippen LogP) is 1.52. The summed E-state index contributed by atoms with van der Waals surface area (Å²) in [5, 5.41) is 8.93. The third-order valence-corrected chi connectivity index (χ3v) is 3.51. The van der Waals surface area contributed by atoms with Crippen LogP contribution in [0.25, 0.3) is 0 Å². The lowest BCUT2D eigenvalue weighted by atomic mass is 10.0. The summed E-state index contributed by atoms with van der Waals surface area (Å²) < 4.78 is 0. The number of benzene rings is 1. The molecule has 116 valence electrons. The quantitative estimate of drug-likeness (QED) is 0.761. The van der Waals surface area contributed by atoms with Crippen LogP contribution in [0.1, 0.15) is 25.8 Å². The van der Waals surface area contributed by atoms with Crippen LogP contribution in [-0.4, -0.2) is 41.0 Å². The van der Waals surface area contributed by atoms with Gasteiger partial charge in [0.25, 0.3) is 0 Å². The van der Waals surface area contributed by atoms with Crippen molar-refractivity contribution in [2.75, 3.05) is 13.1 Å². The lowest BCUT2D eigenvalue weighted by Crippen LogP contribution is -2.46. The van der Waals surface area contributed by atoms with Crippen LogP contribution in [0.3, 0.4) is 0 Å². The molecule has 2 unspecified atom stereocenters. The van der Waals surface area contributed by atoms with E-state index in [1.54, 1.807) is 6.92 Å². The highest BCUT2D eigenvalue weighted by Crippen LogP contribution is 2.08. The van der Waals surface area contributed by atoms with Gasteiger partial charge in [0.15, 0.2) is 0 Å². The molecule has 0 aromatic heterocycles. The fraction of sp³-hybridized carbons (Fsp3) is 0.500. The molecule has 5 heteroatoms. The number of likely N-dealkylation sites (N-methyl/N-ethyl adjacent to an activating group) is 1. The molecule has 0 heterocycles. The first-order chi connectivity index (χ1) is 9.95. The second-order valence-electron chi connectivity index (χ2n) is 5.25. The fourth-order valence-electron chi connectivity index (χ4n) is 2.11. The highest BCUT2D eigenvalue weighted by molar-refractivity contribution is 5.82. The van der Waals surface area contributed by atoms with E-state index in [-0.39, 0.29) is 12.5 Å². The van der Waals surface area contributed by atoms with Crippen LogP contribution in [-0.2, 0) is 16.0 Å². The summed E-state index contributed by atoms with van der Waals surface area (Å²) in [5.41, 5.74) is 7.10. The van der Waals surface area contributed by atoms with Crippen molar-refractivity contribution < 1.29 is 14.7 Å². The molecule has 1 amide bonds. The largest absolute Gasteiger partial charge is 0.481 e. The molecular weight excluding hydrogens is 268 g/mol. The van der Waals surface area contributed by atoms with Gasteiger partial charge in [-0.1, -0.05) is 37.3 Å². The van der Waals surface area contributed by atoms with Crippen LogP contribution < -0.4 is 5.73 Å². The zero-order chi connectivity index (χ0) is 15.8. The Kier molecular flexibility index (Phi) is 6.88. The van der Waals surface area contributed by atoms with Crippen molar-refractivity contribution in [1.29, 1.82) is 0 Å². The third-order valence-electron chi connectivity index (χ3n) is 3.51. The van der Waals surface area contributed by atoms with Crippen molar-refractivity contribution >= 4 is 11.9 Å². The Labute approximate surface area is 125 Å². The second kappa shape index (κ2) is 8.42. The molecule has 0 fully saturated rings. The van der Waals surface area contributed by atoms with Gasteiger partial charge in [0.05, 0.1) is 12.0 Å². The van der Waals surface area contributed by atoms with Gasteiger partial charge in [-0.2, -0.15) is 0 Å². The molecule has 0 aliphatic heterocycles. The van der Waals surface area contributed by atoms with E-state index in [4.69, 9.17) is 10.8 Å². The third kappa shape index (κ3) is 5.55. The van der Waals surface area contributed by atoms with Crippen molar-refractivity contribution in [3.63, 3.8) is 0 Å². The molecular formula is C16H24N2O3. The van der Waals surface area contributed by atoms with Crippen LogP contribution in [0.2, 0.25) is 0 Å². The summed E-state index contributed by atoms with van der Waals surface area (Å²) in [6, 6.07) is 9.26. The molecule has 21 heavy (non-hydrogen) atoms. The van der Waals surface area contributed by atoms with E-state index >= 15 is 0 Å². The van der Waals surface area contributed by atoms with E-state index in [0.29, 0.717) is 13.0 Å². The minimum Gasteiger partial charge on any atom is -0.481 e. The molecule has 0 radical (unpaired) electrons. The van der Waals surface area contributed by atoms with Crippen LogP contribution in [0, 0.1) is 5.92 Å². The summed E-state index contributed by atoms with van der Waals surface area (Å²) in [5.74, 6) is -1.67. The molecule has 3 N–H and O–H groups in total. The molecule has 2 atom stereocenters. The molecule has 1 rings (SSSR count). The molecule has 0 spiro atoms. The number of carboxylic acid groups (broad SMARTS) is 1. The van der Waals surface area contributed by atoms with Crippen LogP contribution >= 0.6 is 0 Å². The summed E-state index contributed by atoms with van der Waals surface area (Å²) in [6.45, 7) is 4.09. The molecule has 1 aromatic carbocycles. The number of amides is 1. The molecule has 1 aromatic rings. The standard InChI is InChI=1S/C16H24N2O3/c1-3-18(11-12(2)16(20)21)15(19)14(17)10-9-13-7-5-4-6-8-13/h4-8,12,14H,3,9-11,17H2,1-2H3,(H,20,21). The number of rotatable bonds is 8. The van der Waals surface area contributed by atoms with Gasteiger partial charge in [-0.05, 0) is 25.3 Å². The van der Waals surface area contributed by atoms with Crippen LogP contribution in [0.5, 0.6) is 0 Å². The Morgan fingerprint density at radius 1 is 1.29 bits per heavy atom. The van der Waals surface area contributed by atoms with Gasteiger partial charge in [-0.25, -0.2) is 0 Å². The zero-order valence-electron chi connectivity index (χ0n) is 12.7. The lowest BCUT2D eigenvalue weighted by Gasteiger charge is -2.26. The number of hydrogen-bond acceptors (Lipinski definition) is 3. The first-order valence-electron chi connectivity index (χ1n) is 7.26. The maximum absolute atomic E-state index is 12.3. The number of aliphatic carboxylic acids is 1. The Hall–Kier alpha value is -1.88. The number of carbonyl (C=O) groups excluding carboxylic acids is 1. The van der Waals surface area contributed by atoms with E-state index in [0.717, 1.165) is 12.0 Å². The van der Waals surface area contributed by atoms with Crippen LogP contribution in [0.4, 0.5) is 0 Å². The number of aryl methyl sites for hydroxylation is 1. The number of carboxylic acids is 1. The molecule has 0 saturated heterocycles. The van der Waals surface area contributed by atoms with Crippen molar-refractivity contribution in [2.24, 2.45) is 11.7 Å². The normalized spacial score (nSPS) is 13.5. The number of nitrogens with two attached hydrogens (primary N) is 1. The van der Waals surface area contributed by atoms with Crippen molar-refractivity contribution in [3.05, 3.63) is 35.9 Å². The average Bonchev–Trinajstić information content (AvgIpc) is 2.50. The Morgan fingerprint density at radius 3 is 2.43 bits per heavy atom. The van der Waals surface area contributed by atoms with E-state index in [9.17, 15) is 9.59 Å². The average molecular weight is 292 g/mol. The first-order valence-corrected chi connectivity index (χ1v) is 7.26. The number of carbonyl (C=O) groups is 2. The molecule has 0 aliphatic rings. The van der Waals surface area contributed by atoms with E-state index in [1.807, 2.05) is 37.3 Å². The van der Waals surface area contributed by atoms with Gasteiger partial charge >= 0.3 is 5.97 Å². The van der Waals surface area contributed by atoms with Gasteiger partial charge in [-0.15, -0.1) is 0 Å². The summed E-state index contributed by atoms with van der Waals surface area (Å²) >= 11 is 0. The van der Waals surface area contributed by atoms with Gasteiger partial charge in [-0.3, -0.25) is 9.59 Å². The fourth-order valence-corrected chi connectivity index (χ4v) is 2.11. The zero-order valence-corrected chi connectivity index (χ0v) is 12.7. The molecule has 5 nitrogen and oxygen atoms in total. The second-order valence-corrected chi connectivity index (χ2v) is 5.25. The van der Waals surface area contributed by atoms with E-state index < -0.39 is 17.9 Å². The summed E-state index contributed by atoms with van der Waals surface area (Å²) in [7, 11) is 0. The van der Waals surface area contributed by atoms with Gasteiger partial charge in [0, 0.05) is 13.1 Å². The monoisotopic (exact) mass is 292 g/mol. The molecule has 0 aliphatic carbocycles. The maximum Gasteiger partial charge on any atom is 0.308 e. The lowest BCUT2D eigenvalue weighted by molar-refractivity contribution is -0.143. The topological polar surface area (TPSA) is 83.6 Å².